The van der Waals surface area contributed by atoms with Gasteiger partial charge < -0.3 is 10.6 Å². The number of hydrogen-bond acceptors (Lipinski definition) is 2. The fourth-order valence-electron chi connectivity index (χ4n) is 3.27. The van der Waals surface area contributed by atoms with Crippen LogP contribution in [-0.2, 0) is 6.42 Å². The predicted octanol–water partition coefficient (Wildman–Crippen LogP) is 3.73. The molecule has 2 N–H and O–H groups in total. The Labute approximate surface area is 122 Å². The molecule has 2 rings (SSSR count). The van der Waals surface area contributed by atoms with Crippen molar-refractivity contribution in [3.8, 4) is 0 Å². The Morgan fingerprint density at radius 2 is 2.00 bits per heavy atom. The van der Waals surface area contributed by atoms with E-state index >= 15 is 0 Å². The van der Waals surface area contributed by atoms with Gasteiger partial charge in [0.2, 0.25) is 0 Å². The average Bonchev–Trinajstić information content (AvgIpc) is 2.91. The van der Waals surface area contributed by atoms with E-state index in [1.54, 1.807) is 12.1 Å². The summed E-state index contributed by atoms with van der Waals surface area (Å²) in [4.78, 5) is 2.32. The number of benzene rings is 1. The molecule has 0 radical (unpaired) electrons. The van der Waals surface area contributed by atoms with E-state index in [0.717, 1.165) is 24.2 Å². The maximum Gasteiger partial charge on any atom is 0.146 e. The lowest BCUT2D eigenvalue weighted by atomic mass is 10.0. The Bertz CT molecular complexity index is 425. The van der Waals surface area contributed by atoms with E-state index < -0.39 is 0 Å². The molecule has 0 aromatic heterocycles. The van der Waals surface area contributed by atoms with E-state index in [9.17, 15) is 4.39 Å². The highest BCUT2D eigenvalue weighted by Crippen LogP contribution is 2.33. The molecule has 0 amide bonds. The first kappa shape index (κ1) is 15.3. The first-order valence-electron chi connectivity index (χ1n) is 7.87. The quantitative estimate of drug-likeness (QED) is 0.859. The van der Waals surface area contributed by atoms with Gasteiger partial charge in [-0.1, -0.05) is 38.8 Å². The Kier molecular flexibility index (Phi) is 5.41. The lowest BCUT2D eigenvalue weighted by Crippen LogP contribution is -2.37. The molecular weight excluding hydrogens is 251 g/mol. The maximum atomic E-state index is 14.4. The van der Waals surface area contributed by atoms with Crippen LogP contribution in [-0.4, -0.2) is 19.1 Å². The van der Waals surface area contributed by atoms with Crippen molar-refractivity contribution in [3.05, 3.63) is 29.6 Å². The number of hydrogen-bond donors (Lipinski definition) is 1. The number of halogens is 1. The van der Waals surface area contributed by atoms with Gasteiger partial charge in [0.15, 0.2) is 0 Å². The molecule has 0 spiro atoms. The molecule has 2 nitrogen and oxygen atoms in total. The van der Waals surface area contributed by atoms with E-state index in [4.69, 9.17) is 5.73 Å². The van der Waals surface area contributed by atoms with Crippen LogP contribution in [0.5, 0.6) is 0 Å². The SMILES string of the molecule is CC(C)CN(c1c(F)cccc1CCN)C1CCCC1. The fourth-order valence-corrected chi connectivity index (χ4v) is 3.27. The first-order valence-corrected chi connectivity index (χ1v) is 7.87. The van der Waals surface area contributed by atoms with Crippen LogP contribution in [0.2, 0.25) is 0 Å². The fraction of sp³-hybridized carbons (Fsp3) is 0.647. The molecule has 3 heteroatoms. The molecular formula is C17H27FN2. The van der Waals surface area contributed by atoms with Gasteiger partial charge in [-0.2, -0.15) is 0 Å². The molecule has 1 aliphatic rings. The van der Waals surface area contributed by atoms with Crippen molar-refractivity contribution in [2.75, 3.05) is 18.0 Å². The van der Waals surface area contributed by atoms with Crippen molar-refractivity contribution in [3.63, 3.8) is 0 Å². The summed E-state index contributed by atoms with van der Waals surface area (Å²) >= 11 is 0. The minimum Gasteiger partial charge on any atom is -0.366 e. The smallest absolute Gasteiger partial charge is 0.146 e. The summed E-state index contributed by atoms with van der Waals surface area (Å²) in [5.74, 6) is 0.435. The van der Waals surface area contributed by atoms with Gasteiger partial charge in [0.25, 0.3) is 0 Å². The van der Waals surface area contributed by atoms with E-state index in [2.05, 4.69) is 18.7 Å². The van der Waals surface area contributed by atoms with Crippen molar-refractivity contribution in [2.45, 2.75) is 52.0 Å². The highest BCUT2D eigenvalue weighted by molar-refractivity contribution is 5.56. The van der Waals surface area contributed by atoms with Crippen molar-refractivity contribution in [2.24, 2.45) is 11.7 Å². The summed E-state index contributed by atoms with van der Waals surface area (Å²) in [5, 5.41) is 0. The van der Waals surface area contributed by atoms with E-state index in [1.807, 2.05) is 6.07 Å². The molecule has 0 unspecified atom stereocenters. The lowest BCUT2D eigenvalue weighted by molar-refractivity contribution is 0.518. The summed E-state index contributed by atoms with van der Waals surface area (Å²) in [6.07, 6.45) is 5.64. The van der Waals surface area contributed by atoms with Crippen LogP contribution in [0.3, 0.4) is 0 Å². The number of anilines is 1. The molecule has 1 aliphatic carbocycles. The largest absolute Gasteiger partial charge is 0.366 e. The van der Waals surface area contributed by atoms with Crippen LogP contribution in [0.15, 0.2) is 18.2 Å². The second kappa shape index (κ2) is 7.07. The molecule has 0 bridgehead atoms. The number of nitrogens with two attached hydrogens (primary N) is 1. The van der Waals surface area contributed by atoms with Gasteiger partial charge in [0.05, 0.1) is 5.69 Å². The van der Waals surface area contributed by atoms with Crippen LogP contribution in [0.4, 0.5) is 10.1 Å². The summed E-state index contributed by atoms with van der Waals surface area (Å²) in [7, 11) is 0. The first-order chi connectivity index (χ1) is 9.63. The molecule has 0 atom stereocenters. The Balaban J connectivity index is 2.35. The minimum atomic E-state index is -0.0940. The van der Waals surface area contributed by atoms with Crippen LogP contribution in [0.1, 0.15) is 45.1 Å². The van der Waals surface area contributed by atoms with Gasteiger partial charge in [-0.25, -0.2) is 4.39 Å². The normalized spacial score (nSPS) is 16.1. The zero-order valence-electron chi connectivity index (χ0n) is 12.7. The zero-order chi connectivity index (χ0) is 14.5. The second-order valence-corrected chi connectivity index (χ2v) is 6.27. The molecule has 1 aromatic rings. The summed E-state index contributed by atoms with van der Waals surface area (Å²) < 4.78 is 14.4. The van der Waals surface area contributed by atoms with Crippen molar-refractivity contribution < 1.29 is 4.39 Å². The highest BCUT2D eigenvalue weighted by atomic mass is 19.1. The van der Waals surface area contributed by atoms with Gasteiger partial charge in [-0.15, -0.1) is 0 Å². The van der Waals surface area contributed by atoms with Crippen LogP contribution in [0.25, 0.3) is 0 Å². The summed E-state index contributed by atoms with van der Waals surface area (Å²) in [6.45, 7) is 5.89. The highest BCUT2D eigenvalue weighted by Gasteiger charge is 2.26. The Morgan fingerprint density at radius 1 is 1.30 bits per heavy atom. The zero-order valence-corrected chi connectivity index (χ0v) is 12.7. The van der Waals surface area contributed by atoms with E-state index in [-0.39, 0.29) is 5.82 Å². The van der Waals surface area contributed by atoms with E-state index in [1.165, 1.54) is 25.7 Å². The topological polar surface area (TPSA) is 29.3 Å². The van der Waals surface area contributed by atoms with Crippen molar-refractivity contribution in [1.29, 1.82) is 0 Å². The Hall–Kier alpha value is -1.09. The average molecular weight is 278 g/mol. The third-order valence-corrected chi connectivity index (χ3v) is 4.10. The molecule has 1 aromatic carbocycles. The van der Waals surface area contributed by atoms with Crippen molar-refractivity contribution in [1.82, 2.24) is 0 Å². The standard InChI is InChI=1S/C17H27FN2/c1-13(2)12-20(15-7-3-4-8-15)17-14(10-11-19)6-5-9-16(17)18/h5-6,9,13,15H,3-4,7-8,10-12,19H2,1-2H3. The predicted molar refractivity (Wildman–Crippen MR) is 83.6 cm³/mol. The van der Waals surface area contributed by atoms with Gasteiger partial charge >= 0.3 is 0 Å². The minimum absolute atomic E-state index is 0.0940. The van der Waals surface area contributed by atoms with Crippen LogP contribution < -0.4 is 10.6 Å². The summed E-state index contributed by atoms with van der Waals surface area (Å²) in [6, 6.07) is 5.89. The lowest BCUT2D eigenvalue weighted by Gasteiger charge is -2.34. The number of rotatable bonds is 6. The van der Waals surface area contributed by atoms with Crippen molar-refractivity contribution >= 4 is 5.69 Å². The molecule has 20 heavy (non-hydrogen) atoms. The molecule has 1 saturated carbocycles. The van der Waals surface area contributed by atoms with Gasteiger partial charge in [0, 0.05) is 12.6 Å². The number of nitrogens with zero attached hydrogens (tertiary/aromatic N) is 1. The second-order valence-electron chi connectivity index (χ2n) is 6.27. The maximum absolute atomic E-state index is 14.4. The van der Waals surface area contributed by atoms with Gasteiger partial charge in [-0.05, 0) is 43.4 Å². The molecule has 0 saturated heterocycles. The third kappa shape index (κ3) is 3.51. The van der Waals surface area contributed by atoms with Crippen LogP contribution >= 0.6 is 0 Å². The molecule has 0 heterocycles. The Morgan fingerprint density at radius 3 is 2.60 bits per heavy atom. The molecule has 1 fully saturated rings. The third-order valence-electron chi connectivity index (χ3n) is 4.10. The van der Waals surface area contributed by atoms with Gasteiger partial charge in [0.1, 0.15) is 5.82 Å². The molecule has 112 valence electrons. The molecule has 0 aliphatic heterocycles. The van der Waals surface area contributed by atoms with E-state index in [0.29, 0.717) is 18.5 Å². The van der Waals surface area contributed by atoms with Crippen LogP contribution in [0, 0.1) is 11.7 Å². The monoisotopic (exact) mass is 278 g/mol. The summed E-state index contributed by atoms with van der Waals surface area (Å²) in [5.41, 5.74) is 7.55. The number of para-hydroxylation sites is 1. The van der Waals surface area contributed by atoms with Gasteiger partial charge in [-0.3, -0.25) is 0 Å².